The van der Waals surface area contributed by atoms with Gasteiger partial charge < -0.3 is 21.3 Å². The van der Waals surface area contributed by atoms with Crippen molar-refractivity contribution in [2.24, 2.45) is 0 Å². The second-order valence-electron chi connectivity index (χ2n) is 10.00. The predicted octanol–water partition coefficient (Wildman–Crippen LogP) is 5.98. The molecule has 9 nitrogen and oxygen atoms in total. The van der Waals surface area contributed by atoms with Gasteiger partial charge in [0.2, 0.25) is 5.95 Å². The second kappa shape index (κ2) is 11.3. The highest BCUT2D eigenvalue weighted by Gasteiger charge is 2.30. The molecule has 6 N–H and O–H groups in total. The Balaban J connectivity index is 1.08. The molecule has 202 valence electrons. The number of alkyl halides is 3. The van der Waals surface area contributed by atoms with Crippen molar-refractivity contribution in [1.82, 2.24) is 25.5 Å². The molecule has 0 amide bonds. The molecule has 38 heavy (non-hydrogen) atoms. The SMILES string of the molecule is N=C(Nc1cccc(C(F)(F)F)c1)NC1CCC(Nc2nccc(Nc3cc(C4CCCC4)[nH]n3)n2)CC1. The lowest BCUT2D eigenvalue weighted by molar-refractivity contribution is -0.137. The Kier molecular flexibility index (Phi) is 7.66. The molecule has 0 atom stereocenters. The number of aromatic amines is 1. The minimum Gasteiger partial charge on any atom is -0.354 e. The Hall–Kier alpha value is -3.83. The second-order valence-corrected chi connectivity index (χ2v) is 10.00. The zero-order valence-electron chi connectivity index (χ0n) is 20.9. The first-order chi connectivity index (χ1) is 18.3. The molecular weight excluding hydrogens is 495 g/mol. The Labute approximate surface area is 218 Å². The van der Waals surface area contributed by atoms with Crippen LogP contribution in [-0.2, 0) is 6.18 Å². The first-order valence-corrected chi connectivity index (χ1v) is 13.0. The largest absolute Gasteiger partial charge is 0.416 e. The van der Waals surface area contributed by atoms with Crippen LogP contribution in [0.3, 0.4) is 0 Å². The molecule has 2 aromatic heterocycles. The summed E-state index contributed by atoms with van der Waals surface area (Å²) in [6, 6.07) is 8.95. The van der Waals surface area contributed by atoms with Crippen LogP contribution in [0.15, 0.2) is 42.6 Å². The van der Waals surface area contributed by atoms with E-state index in [0.29, 0.717) is 17.7 Å². The van der Waals surface area contributed by atoms with E-state index in [4.69, 9.17) is 5.41 Å². The lowest BCUT2D eigenvalue weighted by Gasteiger charge is -2.30. The monoisotopic (exact) mass is 527 g/mol. The number of nitrogens with zero attached hydrogens (tertiary/aromatic N) is 3. The third kappa shape index (κ3) is 6.73. The highest BCUT2D eigenvalue weighted by atomic mass is 19.4. The Morgan fingerprint density at radius 2 is 1.71 bits per heavy atom. The van der Waals surface area contributed by atoms with Gasteiger partial charge in [0.15, 0.2) is 11.8 Å². The summed E-state index contributed by atoms with van der Waals surface area (Å²) >= 11 is 0. The molecule has 0 saturated heterocycles. The minimum atomic E-state index is -4.42. The first-order valence-electron chi connectivity index (χ1n) is 13.0. The normalized spacial score (nSPS) is 20.2. The Morgan fingerprint density at radius 3 is 2.47 bits per heavy atom. The van der Waals surface area contributed by atoms with Crippen LogP contribution in [0.1, 0.15) is 68.5 Å². The van der Waals surface area contributed by atoms with Crippen molar-refractivity contribution in [3.63, 3.8) is 0 Å². The Morgan fingerprint density at radius 1 is 0.947 bits per heavy atom. The van der Waals surface area contributed by atoms with E-state index in [1.807, 2.05) is 0 Å². The predicted molar refractivity (Wildman–Crippen MR) is 141 cm³/mol. The van der Waals surface area contributed by atoms with Crippen LogP contribution in [0.2, 0.25) is 0 Å². The zero-order valence-corrected chi connectivity index (χ0v) is 20.9. The molecular formula is C26H32F3N9. The van der Waals surface area contributed by atoms with E-state index in [-0.39, 0.29) is 23.7 Å². The van der Waals surface area contributed by atoms with Crippen molar-refractivity contribution in [2.45, 2.75) is 75.5 Å². The van der Waals surface area contributed by atoms with Gasteiger partial charge in [0.05, 0.1) is 5.56 Å². The molecule has 0 bridgehead atoms. The fourth-order valence-electron chi connectivity index (χ4n) is 5.20. The van der Waals surface area contributed by atoms with E-state index in [0.717, 1.165) is 43.6 Å². The van der Waals surface area contributed by atoms with Crippen molar-refractivity contribution in [3.05, 3.63) is 53.9 Å². The molecule has 2 saturated carbocycles. The summed E-state index contributed by atoms with van der Waals surface area (Å²) in [6.45, 7) is 0. The van der Waals surface area contributed by atoms with Crippen molar-refractivity contribution in [1.29, 1.82) is 5.41 Å². The van der Waals surface area contributed by atoms with Crippen LogP contribution >= 0.6 is 0 Å². The van der Waals surface area contributed by atoms with Gasteiger partial charge in [-0.1, -0.05) is 18.9 Å². The molecule has 0 radical (unpaired) electrons. The minimum absolute atomic E-state index is 0.0164. The van der Waals surface area contributed by atoms with Gasteiger partial charge in [-0.15, -0.1) is 0 Å². The average molecular weight is 528 g/mol. The maximum atomic E-state index is 12.9. The van der Waals surface area contributed by atoms with Gasteiger partial charge in [0, 0.05) is 41.6 Å². The summed E-state index contributed by atoms with van der Waals surface area (Å²) in [7, 11) is 0. The van der Waals surface area contributed by atoms with Crippen molar-refractivity contribution < 1.29 is 13.2 Å². The quantitative estimate of drug-likeness (QED) is 0.165. The summed E-state index contributed by atoms with van der Waals surface area (Å²) in [5.41, 5.74) is 0.644. The fraction of sp³-hybridized carbons (Fsp3) is 0.462. The lowest BCUT2D eigenvalue weighted by Crippen LogP contribution is -2.42. The fourth-order valence-corrected chi connectivity index (χ4v) is 5.20. The van der Waals surface area contributed by atoms with Gasteiger partial charge in [-0.3, -0.25) is 10.5 Å². The van der Waals surface area contributed by atoms with Crippen molar-refractivity contribution >= 4 is 29.2 Å². The number of benzene rings is 1. The maximum absolute atomic E-state index is 12.9. The van der Waals surface area contributed by atoms with Gasteiger partial charge in [-0.2, -0.15) is 23.3 Å². The highest BCUT2D eigenvalue weighted by molar-refractivity contribution is 5.91. The number of H-pyrrole nitrogens is 1. The van der Waals surface area contributed by atoms with Crippen LogP contribution in [0.4, 0.5) is 36.4 Å². The van der Waals surface area contributed by atoms with E-state index in [1.54, 1.807) is 12.3 Å². The number of aromatic nitrogens is 4. The number of nitrogens with one attached hydrogen (secondary N) is 6. The molecule has 1 aromatic carbocycles. The average Bonchev–Trinajstić information content (AvgIpc) is 3.58. The van der Waals surface area contributed by atoms with Crippen molar-refractivity contribution in [2.75, 3.05) is 16.0 Å². The number of guanidine groups is 1. The van der Waals surface area contributed by atoms with Crippen LogP contribution < -0.4 is 21.3 Å². The molecule has 2 fully saturated rings. The van der Waals surface area contributed by atoms with Crippen LogP contribution in [0.5, 0.6) is 0 Å². The summed E-state index contributed by atoms with van der Waals surface area (Å²) < 4.78 is 38.8. The first kappa shape index (κ1) is 25.8. The smallest absolute Gasteiger partial charge is 0.354 e. The van der Waals surface area contributed by atoms with E-state index in [1.165, 1.54) is 43.5 Å². The van der Waals surface area contributed by atoms with Gasteiger partial charge in [-0.05, 0) is 62.8 Å². The molecule has 2 aliphatic carbocycles. The third-order valence-electron chi connectivity index (χ3n) is 7.17. The molecule has 12 heteroatoms. The molecule has 2 heterocycles. The van der Waals surface area contributed by atoms with Gasteiger partial charge in [0.1, 0.15) is 5.82 Å². The van der Waals surface area contributed by atoms with Crippen molar-refractivity contribution in [3.8, 4) is 0 Å². The number of halogens is 3. The molecule has 3 aromatic rings. The number of hydrogen-bond donors (Lipinski definition) is 6. The molecule has 5 rings (SSSR count). The summed E-state index contributed by atoms with van der Waals surface area (Å²) in [5, 5.41) is 28.1. The van der Waals surface area contributed by atoms with E-state index < -0.39 is 11.7 Å². The van der Waals surface area contributed by atoms with Gasteiger partial charge in [-0.25, -0.2) is 4.98 Å². The van der Waals surface area contributed by atoms with E-state index in [2.05, 4.69) is 47.5 Å². The zero-order chi connectivity index (χ0) is 26.5. The van der Waals surface area contributed by atoms with E-state index in [9.17, 15) is 13.2 Å². The molecule has 0 aliphatic heterocycles. The topological polar surface area (TPSA) is 126 Å². The standard InChI is InChI=1S/C26H32F3N9/c27-26(28,29)17-6-3-7-20(14-17)33-24(30)32-18-8-10-19(11-9-18)34-25-31-13-12-22(36-25)35-23-15-21(37-38-23)16-4-1-2-5-16/h3,6-7,12-16,18-19H,1-2,4-5,8-11H2,(H3,30,32,33)(H3,31,34,35,36,37,38). The molecule has 2 aliphatic rings. The van der Waals surface area contributed by atoms with Crippen LogP contribution in [0, 0.1) is 5.41 Å². The van der Waals surface area contributed by atoms with Gasteiger partial charge >= 0.3 is 6.18 Å². The molecule has 0 spiro atoms. The van der Waals surface area contributed by atoms with Crippen LogP contribution in [-0.4, -0.2) is 38.2 Å². The van der Waals surface area contributed by atoms with Crippen LogP contribution in [0.25, 0.3) is 0 Å². The summed E-state index contributed by atoms with van der Waals surface area (Å²) in [5.74, 6) is 2.49. The Bertz CT molecular complexity index is 1230. The number of rotatable bonds is 7. The third-order valence-corrected chi connectivity index (χ3v) is 7.17. The van der Waals surface area contributed by atoms with Gasteiger partial charge in [0.25, 0.3) is 0 Å². The maximum Gasteiger partial charge on any atom is 0.416 e. The summed E-state index contributed by atoms with van der Waals surface area (Å²) in [6.07, 6.45) is 5.53. The van der Waals surface area contributed by atoms with E-state index >= 15 is 0 Å². The summed E-state index contributed by atoms with van der Waals surface area (Å²) in [4.78, 5) is 8.93. The highest BCUT2D eigenvalue weighted by Crippen LogP contribution is 2.34. The number of anilines is 4. The lowest BCUT2D eigenvalue weighted by atomic mass is 9.91. The molecule has 0 unspecified atom stereocenters. The number of hydrogen-bond acceptors (Lipinski definition) is 6.